The summed E-state index contributed by atoms with van der Waals surface area (Å²) in [7, 11) is 0. The minimum Gasteiger partial charge on any atom is -0.206 e. The smallest absolute Gasteiger partial charge is 0.160 e. The Hall–Kier alpha value is -1.20. The molecule has 0 radical (unpaired) electrons. The van der Waals surface area contributed by atoms with Crippen molar-refractivity contribution in [1.82, 2.24) is 10.2 Å². The molecule has 1 fully saturated rings. The quantitative estimate of drug-likeness (QED) is 0.769. The predicted molar refractivity (Wildman–Crippen MR) is 86.4 cm³/mol. The van der Waals surface area contributed by atoms with Crippen molar-refractivity contribution in [2.75, 3.05) is 11.5 Å². The number of thioether (sulfide) groups is 1. The molecular weight excluding hydrogens is 326 g/mol. The summed E-state index contributed by atoms with van der Waals surface area (Å²) in [5, 5.41) is 7.99. The number of halogens is 3. The molecule has 22 heavy (non-hydrogen) atoms. The van der Waals surface area contributed by atoms with Gasteiger partial charge in [-0.15, -0.1) is 5.10 Å². The van der Waals surface area contributed by atoms with Crippen LogP contribution in [0, 0.1) is 18.6 Å². The van der Waals surface area contributed by atoms with Crippen LogP contribution >= 0.6 is 23.4 Å². The van der Waals surface area contributed by atoms with E-state index in [0.29, 0.717) is 11.3 Å². The van der Waals surface area contributed by atoms with E-state index in [1.807, 2.05) is 18.7 Å². The standard InChI is InChI=1S/C16H15ClF2N2S/c1-9-13(10-5-7-22-8-6-10)15(16(17)21-20-9)14-11(18)3-2-4-12(14)19/h2-4,10H,5-8H2,1H3. The number of hydrogen-bond donors (Lipinski definition) is 0. The summed E-state index contributed by atoms with van der Waals surface area (Å²) in [6.07, 6.45) is 1.91. The number of aryl methyl sites for hydroxylation is 1. The molecule has 3 rings (SSSR count). The van der Waals surface area contributed by atoms with Crippen molar-refractivity contribution < 1.29 is 8.78 Å². The Bertz CT molecular complexity index is 683. The summed E-state index contributed by atoms with van der Waals surface area (Å²) in [6.45, 7) is 1.82. The van der Waals surface area contributed by atoms with Crippen LogP contribution in [0.25, 0.3) is 11.1 Å². The van der Waals surface area contributed by atoms with Crippen LogP contribution in [-0.4, -0.2) is 21.7 Å². The molecule has 0 unspecified atom stereocenters. The Morgan fingerprint density at radius 2 is 1.73 bits per heavy atom. The monoisotopic (exact) mass is 340 g/mol. The van der Waals surface area contributed by atoms with E-state index in [1.54, 1.807) is 0 Å². The number of rotatable bonds is 2. The molecule has 0 N–H and O–H groups in total. The largest absolute Gasteiger partial charge is 0.206 e. The maximum absolute atomic E-state index is 14.2. The lowest BCUT2D eigenvalue weighted by Crippen LogP contribution is -2.13. The fourth-order valence-corrected chi connectivity index (χ4v) is 4.32. The van der Waals surface area contributed by atoms with Gasteiger partial charge in [0.25, 0.3) is 0 Å². The summed E-state index contributed by atoms with van der Waals surface area (Å²) in [4.78, 5) is 0. The zero-order valence-electron chi connectivity index (χ0n) is 12.1. The summed E-state index contributed by atoms with van der Waals surface area (Å²) in [5.74, 6) is 1.02. The number of benzene rings is 1. The Kier molecular flexibility index (Phi) is 4.64. The zero-order chi connectivity index (χ0) is 15.7. The third-order valence-corrected chi connectivity index (χ3v) is 5.31. The van der Waals surface area contributed by atoms with Crippen molar-refractivity contribution in [2.45, 2.75) is 25.7 Å². The molecule has 0 aliphatic carbocycles. The first-order valence-corrected chi connectivity index (χ1v) is 8.67. The number of aromatic nitrogens is 2. The molecule has 0 atom stereocenters. The van der Waals surface area contributed by atoms with Crippen molar-refractivity contribution in [3.63, 3.8) is 0 Å². The van der Waals surface area contributed by atoms with Crippen LogP contribution in [0.5, 0.6) is 0 Å². The molecule has 1 saturated heterocycles. The van der Waals surface area contributed by atoms with Gasteiger partial charge in [-0.05, 0) is 54.9 Å². The van der Waals surface area contributed by atoms with Crippen molar-refractivity contribution in [2.24, 2.45) is 0 Å². The highest BCUT2D eigenvalue weighted by Crippen LogP contribution is 2.42. The average Bonchev–Trinajstić information content (AvgIpc) is 2.51. The molecular formula is C16H15ClF2N2S. The first-order chi connectivity index (χ1) is 10.6. The van der Waals surface area contributed by atoms with Gasteiger partial charge in [-0.3, -0.25) is 0 Å². The molecule has 116 valence electrons. The van der Waals surface area contributed by atoms with Crippen LogP contribution in [0.4, 0.5) is 8.78 Å². The first kappa shape index (κ1) is 15.7. The van der Waals surface area contributed by atoms with Crippen LogP contribution in [0.15, 0.2) is 18.2 Å². The van der Waals surface area contributed by atoms with Crippen molar-refractivity contribution in [3.05, 3.63) is 46.2 Å². The maximum Gasteiger partial charge on any atom is 0.160 e. The third-order valence-electron chi connectivity index (χ3n) is 4.00. The number of nitrogens with zero attached hydrogens (tertiary/aromatic N) is 2. The SMILES string of the molecule is Cc1nnc(Cl)c(-c2c(F)cccc2F)c1C1CCSCC1. The van der Waals surface area contributed by atoms with Gasteiger partial charge in [0, 0.05) is 5.56 Å². The summed E-state index contributed by atoms with van der Waals surface area (Å²) in [5.41, 5.74) is 1.80. The Balaban J connectivity index is 2.24. The van der Waals surface area contributed by atoms with Crippen molar-refractivity contribution in [3.8, 4) is 11.1 Å². The van der Waals surface area contributed by atoms with Crippen molar-refractivity contribution >= 4 is 23.4 Å². The predicted octanol–water partition coefficient (Wildman–Crippen LogP) is 4.99. The van der Waals surface area contributed by atoms with Gasteiger partial charge in [0.05, 0.1) is 11.3 Å². The molecule has 2 nitrogen and oxygen atoms in total. The molecule has 6 heteroatoms. The molecule has 0 saturated carbocycles. The van der Waals surface area contributed by atoms with Crippen LogP contribution in [-0.2, 0) is 0 Å². The highest BCUT2D eigenvalue weighted by Gasteiger charge is 2.27. The maximum atomic E-state index is 14.2. The molecule has 1 aliphatic heterocycles. The van der Waals surface area contributed by atoms with E-state index in [-0.39, 0.29) is 16.6 Å². The number of hydrogen-bond acceptors (Lipinski definition) is 3. The van der Waals surface area contributed by atoms with Crippen LogP contribution < -0.4 is 0 Å². The normalized spacial score (nSPS) is 16.0. The average molecular weight is 341 g/mol. The van der Waals surface area contributed by atoms with Gasteiger partial charge in [0.2, 0.25) is 0 Å². The summed E-state index contributed by atoms with van der Waals surface area (Å²) >= 11 is 8.08. The Morgan fingerprint density at radius 3 is 2.36 bits per heavy atom. The van der Waals surface area contributed by atoms with Gasteiger partial charge in [-0.25, -0.2) is 8.78 Å². The third kappa shape index (κ3) is 2.84. The Morgan fingerprint density at radius 1 is 1.09 bits per heavy atom. The molecule has 1 aromatic heterocycles. The van der Waals surface area contributed by atoms with Gasteiger partial charge in [-0.2, -0.15) is 16.9 Å². The van der Waals surface area contributed by atoms with E-state index in [2.05, 4.69) is 10.2 Å². The Labute approximate surface area is 137 Å². The van der Waals surface area contributed by atoms with E-state index in [9.17, 15) is 8.78 Å². The summed E-state index contributed by atoms with van der Waals surface area (Å²) < 4.78 is 28.5. The van der Waals surface area contributed by atoms with E-state index < -0.39 is 11.6 Å². The highest BCUT2D eigenvalue weighted by molar-refractivity contribution is 7.99. The minimum atomic E-state index is -0.624. The van der Waals surface area contributed by atoms with Gasteiger partial charge in [-0.1, -0.05) is 17.7 Å². The van der Waals surface area contributed by atoms with E-state index in [4.69, 9.17) is 11.6 Å². The fraction of sp³-hybridized carbons (Fsp3) is 0.375. The van der Waals surface area contributed by atoms with E-state index in [1.165, 1.54) is 18.2 Å². The first-order valence-electron chi connectivity index (χ1n) is 7.14. The zero-order valence-corrected chi connectivity index (χ0v) is 13.6. The topological polar surface area (TPSA) is 25.8 Å². The van der Waals surface area contributed by atoms with Crippen molar-refractivity contribution in [1.29, 1.82) is 0 Å². The molecule has 0 bridgehead atoms. The van der Waals surface area contributed by atoms with Gasteiger partial charge in [0.1, 0.15) is 11.6 Å². The van der Waals surface area contributed by atoms with E-state index >= 15 is 0 Å². The lowest BCUT2D eigenvalue weighted by molar-refractivity contribution is 0.585. The molecule has 0 amide bonds. The second kappa shape index (κ2) is 6.50. The second-order valence-electron chi connectivity index (χ2n) is 5.35. The van der Waals surface area contributed by atoms with Gasteiger partial charge >= 0.3 is 0 Å². The second-order valence-corrected chi connectivity index (χ2v) is 6.93. The lowest BCUT2D eigenvalue weighted by Gasteiger charge is -2.25. The molecule has 2 heterocycles. The molecule has 0 spiro atoms. The molecule has 1 aromatic carbocycles. The lowest BCUT2D eigenvalue weighted by atomic mass is 9.86. The fourth-order valence-electron chi connectivity index (χ4n) is 2.98. The van der Waals surface area contributed by atoms with Gasteiger partial charge < -0.3 is 0 Å². The molecule has 1 aliphatic rings. The molecule has 2 aromatic rings. The van der Waals surface area contributed by atoms with Crippen LogP contribution in [0.1, 0.15) is 30.0 Å². The summed E-state index contributed by atoms with van der Waals surface area (Å²) in [6, 6.07) is 3.83. The van der Waals surface area contributed by atoms with E-state index in [0.717, 1.165) is 29.9 Å². The van der Waals surface area contributed by atoms with Crippen LogP contribution in [0.3, 0.4) is 0 Å². The van der Waals surface area contributed by atoms with Gasteiger partial charge in [0.15, 0.2) is 5.15 Å². The minimum absolute atomic E-state index is 0.0582. The van der Waals surface area contributed by atoms with Crippen LogP contribution in [0.2, 0.25) is 5.15 Å². The highest BCUT2D eigenvalue weighted by atomic mass is 35.5.